The molecule has 0 amide bonds. The Balaban J connectivity index is 2.72. The molecule has 0 saturated carbocycles. The first kappa shape index (κ1) is 36.3. The second kappa shape index (κ2) is 16.2. The van der Waals surface area contributed by atoms with Crippen LogP contribution in [0.4, 0.5) is 11.9 Å². The summed E-state index contributed by atoms with van der Waals surface area (Å²) in [5.41, 5.74) is 0.560. The molecular weight excluding hydrogens is 522 g/mol. The van der Waals surface area contributed by atoms with Crippen LogP contribution < -0.4 is 9.80 Å². The van der Waals surface area contributed by atoms with E-state index in [4.69, 9.17) is 19.8 Å². The van der Waals surface area contributed by atoms with Gasteiger partial charge in [0.2, 0.25) is 11.9 Å². The van der Waals surface area contributed by atoms with E-state index in [-0.39, 0.29) is 16.6 Å². The number of aromatic nitrogens is 3. The molecule has 1 aliphatic heterocycles. The fourth-order valence-corrected chi connectivity index (χ4v) is 6.54. The maximum atomic E-state index is 6.32. The maximum absolute atomic E-state index is 6.32. The van der Waals surface area contributed by atoms with Crippen LogP contribution >= 0.6 is 0 Å². The Morgan fingerprint density at radius 2 is 1.36 bits per heavy atom. The Kier molecular flexibility index (Phi) is 14.0. The Labute approximate surface area is 259 Å². The van der Waals surface area contributed by atoms with Crippen molar-refractivity contribution in [2.75, 3.05) is 49.6 Å². The van der Waals surface area contributed by atoms with E-state index in [1.54, 1.807) is 0 Å². The molecule has 0 fully saturated rings. The fourth-order valence-electron chi connectivity index (χ4n) is 6.54. The third-order valence-electron chi connectivity index (χ3n) is 8.91. The average molecular weight is 588 g/mol. The molecule has 0 unspecified atom stereocenters. The summed E-state index contributed by atoms with van der Waals surface area (Å²) in [4.78, 5) is 29.3. The number of unbranched alkanes of at least 4 members (excludes halogenated alkanes) is 2. The topological polar surface area (TPSA) is 60.9 Å². The van der Waals surface area contributed by atoms with Crippen LogP contribution in [0.25, 0.3) is 0 Å². The highest BCUT2D eigenvalue weighted by molar-refractivity contribution is 5.41. The minimum Gasteiger partial charge on any atom is -0.365 e. The lowest BCUT2D eigenvalue weighted by Crippen LogP contribution is -2.59. The summed E-state index contributed by atoms with van der Waals surface area (Å²) < 4.78 is 0. The van der Waals surface area contributed by atoms with E-state index in [0.29, 0.717) is 0 Å². The van der Waals surface area contributed by atoms with E-state index < -0.39 is 0 Å². The van der Waals surface area contributed by atoms with Gasteiger partial charge in [0.15, 0.2) is 5.82 Å². The molecule has 1 aliphatic rings. The summed E-state index contributed by atoms with van der Waals surface area (Å²) in [5.74, 6) is 2.54. The summed E-state index contributed by atoms with van der Waals surface area (Å²) in [6.07, 6.45) is 11.7. The van der Waals surface area contributed by atoms with Crippen LogP contribution in [0.15, 0.2) is 11.8 Å². The van der Waals surface area contributed by atoms with Crippen molar-refractivity contribution >= 4 is 11.9 Å². The molecule has 0 radical (unpaired) electrons. The predicted molar refractivity (Wildman–Crippen MR) is 179 cm³/mol. The van der Waals surface area contributed by atoms with Crippen LogP contribution in [0.3, 0.4) is 0 Å². The zero-order chi connectivity index (χ0) is 31.6. The molecule has 8 nitrogen and oxygen atoms in total. The normalized spacial score (nSPS) is 16.8. The first-order chi connectivity index (χ1) is 19.9. The molecule has 0 spiro atoms. The number of rotatable bonds is 19. The van der Waals surface area contributed by atoms with Crippen molar-refractivity contribution in [1.29, 1.82) is 0 Å². The molecule has 42 heavy (non-hydrogen) atoms. The minimum absolute atomic E-state index is 0.156. The maximum Gasteiger partial charge on any atom is 0.230 e. The van der Waals surface area contributed by atoms with Gasteiger partial charge < -0.3 is 14.7 Å². The second-order valence-electron chi connectivity index (χ2n) is 13.2. The molecule has 0 aromatic carbocycles. The van der Waals surface area contributed by atoms with Gasteiger partial charge in [0.25, 0.3) is 0 Å². The SMILES string of the molecule is CCCCN(CCCC)c1nc(N(CC)CCC)nc(C(CC)(CC)N(C)C2=CC(C)(C)N(OCCC)C(C)(C)C2)n1. The van der Waals surface area contributed by atoms with Crippen molar-refractivity contribution in [2.45, 2.75) is 151 Å². The standard InChI is InChI=1S/C34H65N7O/c1-13-20-23-40(24-21-14-2)31-36-29(35-30(37-31)39(19-7)22-15-3)34(17-5,18-6)38(12)28-26-32(8,9)41(42-25-16-4)33(10,11)27-28/h26H,13-25,27H2,1-12H3. The fraction of sp³-hybridized carbons (Fsp3) is 0.853. The highest BCUT2D eigenvalue weighted by Gasteiger charge is 2.46. The molecule has 0 N–H and O–H groups in total. The molecule has 0 bridgehead atoms. The molecule has 1 aromatic heterocycles. The Morgan fingerprint density at radius 1 is 0.786 bits per heavy atom. The molecule has 0 aliphatic carbocycles. The molecular formula is C34H65N7O. The van der Waals surface area contributed by atoms with Gasteiger partial charge in [0, 0.05) is 50.9 Å². The van der Waals surface area contributed by atoms with E-state index in [2.05, 4.69) is 109 Å². The third-order valence-corrected chi connectivity index (χ3v) is 8.91. The molecule has 2 rings (SSSR count). The third kappa shape index (κ3) is 8.37. The van der Waals surface area contributed by atoms with Gasteiger partial charge in [-0.15, -0.1) is 0 Å². The molecule has 242 valence electrons. The van der Waals surface area contributed by atoms with E-state index in [1.807, 2.05) is 0 Å². The van der Waals surface area contributed by atoms with Gasteiger partial charge in [0.1, 0.15) is 0 Å². The van der Waals surface area contributed by atoms with E-state index in [1.165, 1.54) is 5.70 Å². The van der Waals surface area contributed by atoms with Gasteiger partial charge >= 0.3 is 0 Å². The van der Waals surface area contributed by atoms with Crippen LogP contribution in [-0.2, 0) is 10.4 Å². The van der Waals surface area contributed by atoms with Crippen LogP contribution in [0.5, 0.6) is 0 Å². The summed E-state index contributed by atoms with van der Waals surface area (Å²) in [7, 11) is 2.26. The van der Waals surface area contributed by atoms with Crippen molar-refractivity contribution < 1.29 is 4.84 Å². The number of anilines is 2. The van der Waals surface area contributed by atoms with Crippen molar-refractivity contribution in [3.63, 3.8) is 0 Å². The van der Waals surface area contributed by atoms with Gasteiger partial charge in [-0.1, -0.05) is 54.4 Å². The second-order valence-corrected chi connectivity index (χ2v) is 13.2. The van der Waals surface area contributed by atoms with E-state index in [0.717, 1.165) is 108 Å². The van der Waals surface area contributed by atoms with Crippen molar-refractivity contribution in [3.05, 3.63) is 17.6 Å². The van der Waals surface area contributed by atoms with Gasteiger partial charge in [0.05, 0.1) is 17.7 Å². The predicted octanol–water partition coefficient (Wildman–Crippen LogP) is 7.95. The van der Waals surface area contributed by atoms with Crippen LogP contribution in [0.1, 0.15) is 140 Å². The number of hydrogen-bond donors (Lipinski definition) is 0. The molecule has 0 saturated heterocycles. The first-order valence-corrected chi connectivity index (χ1v) is 17.1. The Bertz CT molecular complexity index is 965. The number of nitrogens with zero attached hydrogens (tertiary/aromatic N) is 7. The quantitative estimate of drug-likeness (QED) is 0.162. The molecule has 8 heteroatoms. The number of hydrogen-bond acceptors (Lipinski definition) is 8. The lowest BCUT2D eigenvalue weighted by atomic mass is 9.82. The lowest BCUT2D eigenvalue weighted by molar-refractivity contribution is -0.259. The molecule has 1 aromatic rings. The van der Waals surface area contributed by atoms with Gasteiger partial charge in [-0.2, -0.15) is 20.0 Å². The van der Waals surface area contributed by atoms with Crippen molar-refractivity contribution in [1.82, 2.24) is 24.9 Å². The van der Waals surface area contributed by atoms with Gasteiger partial charge in [-0.05, 0) is 79.2 Å². The van der Waals surface area contributed by atoms with Crippen molar-refractivity contribution in [2.24, 2.45) is 0 Å². The highest BCUT2D eigenvalue weighted by atomic mass is 16.7. The first-order valence-electron chi connectivity index (χ1n) is 17.1. The number of hydroxylamine groups is 2. The van der Waals surface area contributed by atoms with Crippen LogP contribution in [0.2, 0.25) is 0 Å². The smallest absolute Gasteiger partial charge is 0.230 e. The Hall–Kier alpha value is -1.93. The average Bonchev–Trinajstić information content (AvgIpc) is 2.95. The lowest BCUT2D eigenvalue weighted by Gasteiger charge is -2.53. The summed E-state index contributed by atoms with van der Waals surface area (Å²) in [5, 5.41) is 2.21. The zero-order valence-electron chi connectivity index (χ0n) is 29.5. The van der Waals surface area contributed by atoms with Crippen molar-refractivity contribution in [3.8, 4) is 0 Å². The largest absolute Gasteiger partial charge is 0.365 e. The molecule has 0 atom stereocenters. The van der Waals surface area contributed by atoms with Gasteiger partial charge in [-0.3, -0.25) is 4.84 Å². The van der Waals surface area contributed by atoms with E-state index >= 15 is 0 Å². The highest BCUT2D eigenvalue weighted by Crippen LogP contribution is 2.44. The zero-order valence-corrected chi connectivity index (χ0v) is 29.5. The molecule has 2 heterocycles. The summed E-state index contributed by atoms with van der Waals surface area (Å²) >= 11 is 0. The summed E-state index contributed by atoms with van der Waals surface area (Å²) in [6.45, 7) is 29.3. The Morgan fingerprint density at radius 3 is 1.81 bits per heavy atom. The minimum atomic E-state index is -0.357. The van der Waals surface area contributed by atoms with Crippen LogP contribution in [0, 0.1) is 0 Å². The monoisotopic (exact) mass is 588 g/mol. The van der Waals surface area contributed by atoms with Gasteiger partial charge in [-0.25, -0.2) is 0 Å². The van der Waals surface area contributed by atoms with E-state index in [9.17, 15) is 0 Å². The van der Waals surface area contributed by atoms with Crippen LogP contribution in [-0.4, -0.2) is 75.8 Å². The summed E-state index contributed by atoms with van der Waals surface area (Å²) in [6, 6.07) is 0.